The molecule has 1 aromatic heterocycles. The molecule has 0 saturated carbocycles. The topological polar surface area (TPSA) is 62.3 Å². The van der Waals surface area contributed by atoms with Crippen LogP contribution in [0.4, 0.5) is 4.79 Å². The van der Waals surface area contributed by atoms with E-state index in [0.29, 0.717) is 12.8 Å². The van der Waals surface area contributed by atoms with Crippen LogP contribution in [0.5, 0.6) is 0 Å². The summed E-state index contributed by atoms with van der Waals surface area (Å²) < 4.78 is 1.05. The number of fused-ring (bicyclic) bond motifs is 1. The van der Waals surface area contributed by atoms with Gasteiger partial charge < -0.3 is 5.32 Å². The number of benzene rings is 3. The fraction of sp³-hybridized carbons (Fsp3) is 0.160. The average molecular weight is 428 g/mol. The van der Waals surface area contributed by atoms with Crippen LogP contribution in [0.25, 0.3) is 10.2 Å². The molecule has 0 spiro atoms. The first-order valence-electron chi connectivity index (χ1n) is 10.2. The van der Waals surface area contributed by atoms with Crippen molar-refractivity contribution in [3.63, 3.8) is 0 Å². The maximum absolute atomic E-state index is 13.7. The van der Waals surface area contributed by atoms with E-state index in [2.05, 4.69) is 10.3 Å². The summed E-state index contributed by atoms with van der Waals surface area (Å²) >= 11 is 1.51. The van der Waals surface area contributed by atoms with Gasteiger partial charge in [-0.25, -0.2) is 9.78 Å². The van der Waals surface area contributed by atoms with E-state index in [1.807, 2.05) is 84.9 Å². The third-order valence-corrected chi connectivity index (χ3v) is 6.60. The number of imide groups is 1. The van der Waals surface area contributed by atoms with Gasteiger partial charge in [-0.15, -0.1) is 11.3 Å². The summed E-state index contributed by atoms with van der Waals surface area (Å²) in [5.74, 6) is -0.204. The number of hydrogen-bond acceptors (Lipinski definition) is 4. The van der Waals surface area contributed by atoms with Crippen LogP contribution >= 0.6 is 11.3 Å². The Morgan fingerprint density at radius 3 is 2.00 bits per heavy atom. The highest BCUT2D eigenvalue weighted by Gasteiger charge is 2.51. The molecule has 6 heteroatoms. The standard InChI is InChI=1S/C25H21N3O2S/c29-23-25(15-18-9-3-1-4-10-18,16-19-11-5-2-6-12-19)27-24(30)28(23)17-22-26-20-13-7-8-14-21(20)31-22/h1-14H,15-17H2,(H,27,30). The van der Waals surface area contributed by atoms with Crippen LogP contribution in [0, 0.1) is 0 Å². The first-order valence-corrected chi connectivity index (χ1v) is 11.0. The van der Waals surface area contributed by atoms with Crippen molar-refractivity contribution in [2.45, 2.75) is 24.9 Å². The van der Waals surface area contributed by atoms with Crippen molar-refractivity contribution in [1.29, 1.82) is 0 Å². The number of nitrogens with one attached hydrogen (secondary N) is 1. The number of carbonyl (C=O) groups excluding carboxylic acids is 2. The van der Waals surface area contributed by atoms with Gasteiger partial charge in [-0.3, -0.25) is 9.69 Å². The van der Waals surface area contributed by atoms with Crippen LogP contribution < -0.4 is 5.32 Å². The number of rotatable bonds is 6. The van der Waals surface area contributed by atoms with E-state index < -0.39 is 5.54 Å². The van der Waals surface area contributed by atoms with Crippen LogP contribution in [0.1, 0.15) is 16.1 Å². The van der Waals surface area contributed by atoms with E-state index in [4.69, 9.17) is 0 Å². The van der Waals surface area contributed by atoms with E-state index in [1.165, 1.54) is 16.2 Å². The smallest absolute Gasteiger partial charge is 0.322 e. The summed E-state index contributed by atoms with van der Waals surface area (Å²) in [5, 5.41) is 3.78. The summed E-state index contributed by atoms with van der Waals surface area (Å²) in [6.45, 7) is 0.176. The Bertz CT molecular complexity index is 1160. The molecule has 3 aromatic carbocycles. The second-order valence-corrected chi connectivity index (χ2v) is 8.92. The van der Waals surface area contributed by atoms with Crippen molar-refractivity contribution in [3.8, 4) is 0 Å². The number of amides is 3. The third kappa shape index (κ3) is 3.82. The normalized spacial score (nSPS) is 15.4. The van der Waals surface area contributed by atoms with Gasteiger partial charge >= 0.3 is 6.03 Å². The van der Waals surface area contributed by atoms with Gasteiger partial charge in [-0.05, 0) is 23.3 Å². The van der Waals surface area contributed by atoms with Crippen molar-refractivity contribution in [3.05, 3.63) is 101 Å². The summed E-state index contributed by atoms with van der Waals surface area (Å²) in [6.07, 6.45) is 0.868. The molecule has 154 valence electrons. The Balaban J connectivity index is 1.47. The van der Waals surface area contributed by atoms with Crippen molar-refractivity contribution in [2.75, 3.05) is 0 Å². The number of aromatic nitrogens is 1. The number of para-hydroxylation sites is 1. The Labute approximate surface area is 184 Å². The number of nitrogens with zero attached hydrogens (tertiary/aromatic N) is 2. The molecule has 5 rings (SSSR count). The van der Waals surface area contributed by atoms with Gasteiger partial charge in [0.25, 0.3) is 5.91 Å². The number of urea groups is 1. The van der Waals surface area contributed by atoms with Crippen molar-refractivity contribution in [2.24, 2.45) is 0 Å². The SMILES string of the molecule is O=C1NC(Cc2ccccc2)(Cc2ccccc2)C(=O)N1Cc1nc2ccccc2s1. The van der Waals surface area contributed by atoms with Gasteiger partial charge in [0.1, 0.15) is 10.5 Å². The molecular weight excluding hydrogens is 406 g/mol. The molecule has 31 heavy (non-hydrogen) atoms. The quantitative estimate of drug-likeness (QED) is 0.459. The Kier molecular flexibility index (Phi) is 5.00. The van der Waals surface area contributed by atoms with Gasteiger partial charge in [-0.1, -0.05) is 72.8 Å². The first-order chi connectivity index (χ1) is 15.1. The maximum atomic E-state index is 13.7. The minimum atomic E-state index is -1.02. The first kappa shape index (κ1) is 19.5. The number of thiazole rings is 1. The van der Waals surface area contributed by atoms with E-state index in [9.17, 15) is 9.59 Å². The molecular formula is C25H21N3O2S. The van der Waals surface area contributed by atoms with Crippen LogP contribution in [-0.2, 0) is 24.2 Å². The largest absolute Gasteiger partial charge is 0.325 e. The third-order valence-electron chi connectivity index (χ3n) is 5.57. The Hall–Kier alpha value is -3.51. The van der Waals surface area contributed by atoms with Crippen molar-refractivity contribution in [1.82, 2.24) is 15.2 Å². The van der Waals surface area contributed by atoms with E-state index in [-0.39, 0.29) is 18.5 Å². The number of hydrogen-bond donors (Lipinski definition) is 1. The fourth-order valence-corrected chi connectivity index (χ4v) is 5.09. The summed E-state index contributed by atoms with van der Waals surface area (Å²) in [7, 11) is 0. The van der Waals surface area contributed by atoms with E-state index >= 15 is 0 Å². The lowest BCUT2D eigenvalue weighted by molar-refractivity contribution is -0.131. The van der Waals surface area contributed by atoms with Crippen LogP contribution in [0.15, 0.2) is 84.9 Å². The van der Waals surface area contributed by atoms with Crippen molar-refractivity contribution < 1.29 is 9.59 Å². The fourth-order valence-electron chi connectivity index (χ4n) is 4.13. The lowest BCUT2D eigenvalue weighted by Gasteiger charge is -2.27. The zero-order valence-electron chi connectivity index (χ0n) is 16.8. The molecule has 0 unspecified atom stereocenters. The minimum absolute atomic E-state index is 0.176. The van der Waals surface area contributed by atoms with Crippen molar-refractivity contribution >= 4 is 33.5 Å². The lowest BCUT2D eigenvalue weighted by Crippen LogP contribution is -2.51. The molecule has 0 atom stereocenters. The van der Waals surface area contributed by atoms with Gasteiger partial charge in [0.05, 0.1) is 16.8 Å². The second-order valence-electron chi connectivity index (χ2n) is 7.80. The highest BCUT2D eigenvalue weighted by Crippen LogP contribution is 2.30. The van der Waals surface area contributed by atoms with Gasteiger partial charge in [0, 0.05) is 12.8 Å². The minimum Gasteiger partial charge on any atom is -0.322 e. The summed E-state index contributed by atoms with van der Waals surface area (Å²) in [5.41, 5.74) is 1.88. The summed E-state index contributed by atoms with van der Waals surface area (Å²) in [6, 6.07) is 27.1. The molecule has 2 heterocycles. The lowest BCUT2D eigenvalue weighted by atomic mass is 9.84. The molecule has 1 N–H and O–H groups in total. The Morgan fingerprint density at radius 1 is 0.806 bits per heavy atom. The van der Waals surface area contributed by atoms with E-state index in [0.717, 1.165) is 26.4 Å². The molecule has 0 aliphatic carbocycles. The monoisotopic (exact) mass is 427 g/mol. The van der Waals surface area contributed by atoms with Gasteiger partial charge in [0.2, 0.25) is 0 Å². The van der Waals surface area contributed by atoms with Gasteiger partial charge in [-0.2, -0.15) is 0 Å². The molecule has 1 aliphatic heterocycles. The zero-order valence-corrected chi connectivity index (χ0v) is 17.6. The van der Waals surface area contributed by atoms with E-state index in [1.54, 1.807) is 0 Å². The average Bonchev–Trinajstić information content (AvgIpc) is 3.29. The Morgan fingerprint density at radius 2 is 1.39 bits per heavy atom. The zero-order chi connectivity index (χ0) is 21.3. The molecule has 4 aromatic rings. The molecule has 1 saturated heterocycles. The number of carbonyl (C=O) groups is 2. The molecule has 1 aliphatic rings. The summed E-state index contributed by atoms with van der Waals surface area (Å²) in [4.78, 5) is 32.6. The molecule has 1 fully saturated rings. The van der Waals surface area contributed by atoms with Crippen LogP contribution in [0.3, 0.4) is 0 Å². The molecule has 5 nitrogen and oxygen atoms in total. The highest BCUT2D eigenvalue weighted by molar-refractivity contribution is 7.18. The van der Waals surface area contributed by atoms with Crippen LogP contribution in [-0.4, -0.2) is 27.4 Å². The molecule has 0 radical (unpaired) electrons. The molecule has 0 bridgehead atoms. The predicted molar refractivity (Wildman–Crippen MR) is 122 cm³/mol. The van der Waals surface area contributed by atoms with Crippen LogP contribution in [0.2, 0.25) is 0 Å². The second kappa shape index (κ2) is 7.96. The van der Waals surface area contributed by atoms with Gasteiger partial charge in [0.15, 0.2) is 0 Å². The molecule has 3 amide bonds. The maximum Gasteiger partial charge on any atom is 0.325 e. The predicted octanol–water partition coefficient (Wildman–Crippen LogP) is 4.57. The highest BCUT2D eigenvalue weighted by atomic mass is 32.1.